The Kier molecular flexibility index (Phi) is 13.1. The van der Waals surface area contributed by atoms with Crippen LogP contribution in [0.25, 0.3) is 0 Å². The molecule has 0 spiro atoms. The van der Waals surface area contributed by atoms with Gasteiger partial charge in [0.2, 0.25) is 0 Å². The fraction of sp³-hybridized carbons (Fsp3) is 0. The molecule has 0 saturated carbocycles. The number of hydrogen-bond acceptors (Lipinski definition) is 3. The number of benzene rings is 3. The third kappa shape index (κ3) is 10.5. The largest absolute Gasteiger partial charge is 0.478 e. The smallest absolute Gasteiger partial charge is 0.335 e. The van der Waals surface area contributed by atoms with Crippen molar-refractivity contribution in [1.29, 1.82) is 0 Å². The quantitative estimate of drug-likeness (QED) is 0.482. The first kappa shape index (κ1) is 25.4. The summed E-state index contributed by atoms with van der Waals surface area (Å²) < 4.78 is 0. The Labute approximate surface area is 194 Å². The van der Waals surface area contributed by atoms with E-state index in [0.29, 0.717) is 16.7 Å². The Hall–Kier alpha value is -2.59. The maximum atomic E-state index is 10.2. The van der Waals surface area contributed by atoms with Crippen molar-refractivity contribution in [3.63, 3.8) is 0 Å². The molecule has 0 radical (unpaired) electrons. The zero-order chi connectivity index (χ0) is 20.1. The van der Waals surface area contributed by atoms with Crippen LogP contribution >= 0.6 is 0 Å². The molecule has 0 amide bonds. The summed E-state index contributed by atoms with van der Waals surface area (Å²) >= 11 is 0. The topological polar surface area (TPSA) is 112 Å². The van der Waals surface area contributed by atoms with Gasteiger partial charge in [-0.15, -0.1) is 0 Å². The Morgan fingerprint density at radius 1 is 0.429 bits per heavy atom. The molecule has 0 aliphatic heterocycles. The zero-order valence-electron chi connectivity index (χ0n) is 14.6. The minimum Gasteiger partial charge on any atom is -0.478 e. The molecule has 144 valence electrons. The summed E-state index contributed by atoms with van der Waals surface area (Å²) in [5, 5.41) is 25.2. The van der Waals surface area contributed by atoms with Crippen molar-refractivity contribution in [3.05, 3.63) is 108 Å². The summed E-state index contributed by atoms with van der Waals surface area (Å²) in [6.07, 6.45) is 0. The number of rotatable bonds is 3. The molecule has 0 saturated heterocycles. The first-order valence-electron chi connectivity index (χ1n) is 7.77. The molecule has 3 N–H and O–H groups in total. The van der Waals surface area contributed by atoms with E-state index in [0.717, 1.165) is 0 Å². The Morgan fingerprint density at radius 2 is 0.607 bits per heavy atom. The number of hydrogen-bond donors (Lipinski definition) is 3. The van der Waals surface area contributed by atoms with E-state index in [1.807, 2.05) is 0 Å². The van der Waals surface area contributed by atoms with E-state index >= 15 is 0 Å². The van der Waals surface area contributed by atoms with E-state index in [2.05, 4.69) is 0 Å². The van der Waals surface area contributed by atoms with Crippen LogP contribution in [0.3, 0.4) is 0 Å². The maximum absolute atomic E-state index is 10.2. The third-order valence-corrected chi connectivity index (χ3v) is 3.06. The number of aromatic carboxylic acids is 3. The normalized spacial score (nSPS) is 8.57. The fourth-order valence-electron chi connectivity index (χ4n) is 1.74. The Bertz CT molecular complexity index is 734. The van der Waals surface area contributed by atoms with Gasteiger partial charge in [0, 0.05) is 40.4 Å². The summed E-state index contributed by atoms with van der Waals surface area (Å²) in [5.74, 6) is -2.64. The van der Waals surface area contributed by atoms with Crippen LogP contribution in [0.2, 0.25) is 0 Å². The monoisotopic (exact) mass is 518 g/mol. The van der Waals surface area contributed by atoms with Crippen molar-refractivity contribution in [1.82, 2.24) is 0 Å². The van der Waals surface area contributed by atoms with Crippen LogP contribution in [0.4, 0.5) is 0 Å². The van der Waals surface area contributed by atoms with Crippen LogP contribution in [0.1, 0.15) is 31.1 Å². The van der Waals surface area contributed by atoms with Gasteiger partial charge in [-0.05, 0) is 36.4 Å². The van der Waals surface area contributed by atoms with Gasteiger partial charge < -0.3 is 15.3 Å². The van der Waals surface area contributed by atoms with Crippen molar-refractivity contribution in [2.24, 2.45) is 0 Å². The second-order valence-corrected chi connectivity index (χ2v) is 5.01. The van der Waals surface area contributed by atoms with E-state index in [9.17, 15) is 14.4 Å². The van der Waals surface area contributed by atoms with E-state index < -0.39 is 17.9 Å². The van der Waals surface area contributed by atoms with Crippen LogP contribution < -0.4 is 0 Å². The SMILES string of the molecule is O=C(O)c1ccccc1.O=C(O)c1ccccc1.O=C(O)c1ccccc1.[Sm]. The van der Waals surface area contributed by atoms with E-state index in [1.165, 1.54) is 0 Å². The second-order valence-electron chi connectivity index (χ2n) is 5.01. The van der Waals surface area contributed by atoms with E-state index in [4.69, 9.17) is 15.3 Å². The molecule has 0 unspecified atom stereocenters. The van der Waals surface area contributed by atoms with Crippen molar-refractivity contribution in [2.75, 3.05) is 0 Å². The molecule has 0 bridgehead atoms. The molecule has 0 aromatic heterocycles. The molecule has 0 aliphatic carbocycles. The van der Waals surface area contributed by atoms with Gasteiger partial charge in [0.15, 0.2) is 0 Å². The molecule has 3 aromatic rings. The predicted molar refractivity (Wildman–Crippen MR) is 100 cm³/mol. The summed E-state index contributed by atoms with van der Waals surface area (Å²) in [6.45, 7) is 0. The molecule has 7 heteroatoms. The second kappa shape index (κ2) is 14.5. The molecule has 3 rings (SSSR count). The number of carboxylic acid groups (broad SMARTS) is 3. The molecule has 3 aromatic carbocycles. The molecule has 0 heterocycles. The van der Waals surface area contributed by atoms with Gasteiger partial charge in [0.25, 0.3) is 0 Å². The number of carboxylic acids is 3. The van der Waals surface area contributed by atoms with Crippen LogP contribution in [-0.4, -0.2) is 33.2 Å². The third-order valence-electron chi connectivity index (χ3n) is 3.06. The van der Waals surface area contributed by atoms with Crippen molar-refractivity contribution < 1.29 is 70.1 Å². The van der Waals surface area contributed by atoms with Gasteiger partial charge in [-0.1, -0.05) is 54.6 Å². The minimum absolute atomic E-state index is 0. The van der Waals surface area contributed by atoms with Crippen LogP contribution in [0.15, 0.2) is 91.0 Å². The molecular formula is C21H18O6Sm. The average molecular weight is 517 g/mol. The Balaban J connectivity index is 0.000000384. The van der Waals surface area contributed by atoms with E-state index in [-0.39, 0.29) is 40.4 Å². The van der Waals surface area contributed by atoms with Crippen molar-refractivity contribution in [2.45, 2.75) is 0 Å². The fourth-order valence-corrected chi connectivity index (χ4v) is 1.74. The predicted octanol–water partition coefficient (Wildman–Crippen LogP) is 4.15. The summed E-state index contributed by atoms with van der Waals surface area (Å²) in [7, 11) is 0. The van der Waals surface area contributed by atoms with Crippen LogP contribution in [0.5, 0.6) is 0 Å². The van der Waals surface area contributed by atoms with Gasteiger partial charge in [0.05, 0.1) is 16.7 Å². The molecule has 0 atom stereocenters. The molecular weight excluding hydrogens is 499 g/mol. The van der Waals surface area contributed by atoms with Gasteiger partial charge in [-0.3, -0.25) is 0 Å². The average Bonchev–Trinajstić information content (AvgIpc) is 2.71. The van der Waals surface area contributed by atoms with Gasteiger partial charge in [-0.2, -0.15) is 0 Å². The minimum atomic E-state index is -0.879. The zero-order valence-corrected chi connectivity index (χ0v) is 17.3. The molecule has 0 aliphatic rings. The van der Waals surface area contributed by atoms with Crippen molar-refractivity contribution in [3.8, 4) is 0 Å². The van der Waals surface area contributed by atoms with Crippen LogP contribution in [0, 0.1) is 40.4 Å². The number of carbonyl (C=O) groups is 3. The van der Waals surface area contributed by atoms with E-state index in [1.54, 1.807) is 91.0 Å². The molecule has 6 nitrogen and oxygen atoms in total. The summed E-state index contributed by atoms with van der Waals surface area (Å²) in [5.41, 5.74) is 0.993. The standard InChI is InChI=1S/3C7H6O2.Sm/c3*8-7(9)6-4-2-1-3-5-6;/h3*1-5H,(H,8,9);. The Morgan fingerprint density at radius 3 is 0.714 bits per heavy atom. The summed E-state index contributed by atoms with van der Waals surface area (Å²) in [6, 6.07) is 24.9. The molecule has 0 fully saturated rings. The maximum Gasteiger partial charge on any atom is 0.335 e. The van der Waals surface area contributed by atoms with Crippen LogP contribution in [-0.2, 0) is 0 Å². The van der Waals surface area contributed by atoms with Gasteiger partial charge in [0.1, 0.15) is 0 Å². The first-order valence-corrected chi connectivity index (χ1v) is 7.77. The van der Waals surface area contributed by atoms with Gasteiger partial charge in [-0.25, -0.2) is 14.4 Å². The first-order chi connectivity index (χ1) is 12.9. The molecule has 28 heavy (non-hydrogen) atoms. The van der Waals surface area contributed by atoms with Gasteiger partial charge >= 0.3 is 17.9 Å². The van der Waals surface area contributed by atoms with Crippen molar-refractivity contribution >= 4 is 17.9 Å². The summed E-state index contributed by atoms with van der Waals surface area (Å²) in [4.78, 5) is 30.6.